The summed E-state index contributed by atoms with van der Waals surface area (Å²) in [4.78, 5) is 29.6. The van der Waals surface area contributed by atoms with Crippen molar-refractivity contribution in [3.63, 3.8) is 0 Å². The van der Waals surface area contributed by atoms with Crippen molar-refractivity contribution in [1.82, 2.24) is 5.32 Å². The number of methoxy groups -OCH3 is 1. The second-order valence-corrected chi connectivity index (χ2v) is 9.90. The lowest BCUT2D eigenvalue weighted by Gasteiger charge is -2.36. The van der Waals surface area contributed by atoms with E-state index in [0.717, 1.165) is 38.6 Å². The summed E-state index contributed by atoms with van der Waals surface area (Å²) in [7, 11) is 1.62. The highest BCUT2D eigenvalue weighted by Gasteiger charge is 2.39. The number of hydrogen-bond donors (Lipinski definition) is 1. The number of thioether (sulfide) groups is 1. The van der Waals surface area contributed by atoms with Crippen molar-refractivity contribution in [3.05, 3.63) is 89.0 Å². The molecule has 0 aliphatic carbocycles. The van der Waals surface area contributed by atoms with Crippen molar-refractivity contribution >= 4 is 29.3 Å². The normalized spacial score (nSPS) is 16.1. The first-order chi connectivity index (χ1) is 16.4. The Balaban J connectivity index is 1.52. The maximum Gasteiger partial charge on any atom is 0.241 e. The van der Waals surface area contributed by atoms with Crippen LogP contribution in [0.2, 0.25) is 0 Å². The maximum absolute atomic E-state index is 13.7. The van der Waals surface area contributed by atoms with Crippen molar-refractivity contribution in [2.45, 2.75) is 44.0 Å². The lowest BCUT2D eigenvalue weighted by Crippen LogP contribution is -2.47. The van der Waals surface area contributed by atoms with Crippen LogP contribution in [0.1, 0.15) is 29.2 Å². The van der Waals surface area contributed by atoms with Gasteiger partial charge in [0.15, 0.2) is 0 Å². The third-order valence-corrected chi connectivity index (χ3v) is 7.71. The van der Waals surface area contributed by atoms with E-state index in [1.165, 1.54) is 11.8 Å². The van der Waals surface area contributed by atoms with Gasteiger partial charge in [0, 0.05) is 11.4 Å². The number of ether oxygens (including phenoxy) is 1. The molecule has 4 rings (SSSR count). The van der Waals surface area contributed by atoms with Crippen molar-refractivity contribution in [3.8, 4) is 5.75 Å². The molecule has 0 radical (unpaired) electrons. The van der Waals surface area contributed by atoms with Crippen molar-refractivity contribution < 1.29 is 14.3 Å². The van der Waals surface area contributed by atoms with E-state index in [9.17, 15) is 9.59 Å². The first kappa shape index (κ1) is 23.9. The Labute approximate surface area is 205 Å². The molecule has 0 bridgehead atoms. The van der Waals surface area contributed by atoms with Gasteiger partial charge in [-0.1, -0.05) is 55.0 Å². The summed E-state index contributed by atoms with van der Waals surface area (Å²) in [5.41, 5.74) is 5.31. The molecule has 2 amide bonds. The van der Waals surface area contributed by atoms with Gasteiger partial charge in [0.25, 0.3) is 0 Å². The van der Waals surface area contributed by atoms with Crippen LogP contribution >= 0.6 is 11.8 Å². The van der Waals surface area contributed by atoms with Crippen molar-refractivity contribution in [2.24, 2.45) is 5.92 Å². The van der Waals surface area contributed by atoms with Gasteiger partial charge in [-0.3, -0.25) is 9.59 Å². The summed E-state index contributed by atoms with van der Waals surface area (Å²) in [6.45, 7) is 6.85. The fourth-order valence-electron chi connectivity index (χ4n) is 4.09. The molecule has 5 nitrogen and oxygen atoms in total. The number of amides is 2. The smallest absolute Gasteiger partial charge is 0.241 e. The molecule has 0 aromatic heterocycles. The summed E-state index contributed by atoms with van der Waals surface area (Å²) < 4.78 is 5.19. The van der Waals surface area contributed by atoms with Crippen LogP contribution in [0.5, 0.6) is 5.75 Å². The summed E-state index contributed by atoms with van der Waals surface area (Å²) in [5.74, 6) is 0.130. The molecule has 0 saturated heterocycles. The Hall–Kier alpha value is -3.25. The van der Waals surface area contributed by atoms with Crippen LogP contribution in [0.4, 0.5) is 5.69 Å². The Morgan fingerprint density at radius 1 is 1.09 bits per heavy atom. The maximum atomic E-state index is 13.7. The molecule has 1 N–H and O–H groups in total. The van der Waals surface area contributed by atoms with Crippen molar-refractivity contribution in [2.75, 3.05) is 12.0 Å². The number of hydrogen-bond acceptors (Lipinski definition) is 4. The molecule has 6 heteroatoms. The minimum atomic E-state index is -0.490. The average molecular weight is 475 g/mol. The minimum Gasteiger partial charge on any atom is -0.497 e. The molecule has 0 fully saturated rings. The van der Waals surface area contributed by atoms with E-state index in [-0.39, 0.29) is 11.8 Å². The van der Waals surface area contributed by atoms with Gasteiger partial charge in [0.05, 0.1) is 25.3 Å². The summed E-state index contributed by atoms with van der Waals surface area (Å²) in [6.07, 6.45) is 0. The number of para-hydroxylation sites is 1. The van der Waals surface area contributed by atoms with E-state index >= 15 is 0 Å². The largest absolute Gasteiger partial charge is 0.497 e. The highest BCUT2D eigenvalue weighted by Crippen LogP contribution is 2.42. The number of benzene rings is 3. The first-order valence-corrected chi connectivity index (χ1v) is 12.3. The standard InChI is InChI=1S/C28H30N2O3S/c1-18-9-10-19(2)22(15-18)17-30-24-7-5-6-8-25(24)34-26(28(30)32)20(3)27(31)29-16-21-11-13-23(33-4)14-12-21/h5-15,20,26H,16-17H2,1-4H3,(H,29,31)/t20-,26+/m1/s1. The molecule has 1 aliphatic rings. The molecule has 176 valence electrons. The number of nitrogens with one attached hydrogen (secondary N) is 1. The summed E-state index contributed by atoms with van der Waals surface area (Å²) in [5, 5.41) is 2.51. The van der Waals surface area contributed by atoms with E-state index in [1.54, 1.807) is 7.11 Å². The molecular weight excluding hydrogens is 444 g/mol. The molecule has 1 heterocycles. The number of nitrogens with zero attached hydrogens (tertiary/aromatic N) is 1. The highest BCUT2D eigenvalue weighted by atomic mass is 32.2. The van der Waals surface area contributed by atoms with E-state index in [1.807, 2.05) is 60.4 Å². The molecule has 0 saturated carbocycles. The van der Waals surface area contributed by atoms with Gasteiger partial charge in [0.2, 0.25) is 11.8 Å². The van der Waals surface area contributed by atoms with E-state index < -0.39 is 11.2 Å². The lowest BCUT2D eigenvalue weighted by atomic mass is 10.0. The molecule has 0 spiro atoms. The number of anilines is 1. The van der Waals surface area contributed by atoms with Gasteiger partial charge >= 0.3 is 0 Å². The van der Waals surface area contributed by atoms with Crippen LogP contribution in [-0.4, -0.2) is 24.2 Å². The Kier molecular flexibility index (Phi) is 7.27. The van der Waals surface area contributed by atoms with E-state index in [2.05, 4.69) is 37.4 Å². The molecule has 34 heavy (non-hydrogen) atoms. The van der Waals surface area contributed by atoms with E-state index in [0.29, 0.717) is 13.1 Å². The molecule has 0 unspecified atom stereocenters. The zero-order valence-electron chi connectivity index (χ0n) is 20.0. The topological polar surface area (TPSA) is 58.6 Å². The zero-order chi connectivity index (χ0) is 24.2. The minimum absolute atomic E-state index is 0.0308. The quantitative estimate of drug-likeness (QED) is 0.507. The second-order valence-electron chi connectivity index (χ2n) is 8.72. The number of fused-ring (bicyclic) bond motifs is 1. The van der Waals surface area contributed by atoms with Gasteiger partial charge in [0.1, 0.15) is 11.0 Å². The number of rotatable bonds is 7. The van der Waals surface area contributed by atoms with E-state index in [4.69, 9.17) is 4.74 Å². The summed E-state index contributed by atoms with van der Waals surface area (Å²) in [6, 6.07) is 21.8. The highest BCUT2D eigenvalue weighted by molar-refractivity contribution is 8.01. The van der Waals surface area contributed by atoms with Crippen LogP contribution in [0.15, 0.2) is 71.6 Å². The fourth-order valence-corrected chi connectivity index (χ4v) is 5.38. The molecular formula is C28H30N2O3S. The Morgan fingerprint density at radius 2 is 1.82 bits per heavy atom. The summed E-state index contributed by atoms with van der Waals surface area (Å²) >= 11 is 1.48. The zero-order valence-corrected chi connectivity index (χ0v) is 20.8. The van der Waals surface area contributed by atoms with Crippen LogP contribution in [0.3, 0.4) is 0 Å². The van der Waals surface area contributed by atoms with Gasteiger partial charge in [-0.15, -0.1) is 11.8 Å². The first-order valence-electron chi connectivity index (χ1n) is 11.4. The lowest BCUT2D eigenvalue weighted by molar-refractivity contribution is -0.128. The van der Waals surface area contributed by atoms with Gasteiger partial charge < -0.3 is 15.0 Å². The third kappa shape index (κ3) is 5.12. The van der Waals surface area contributed by atoms with Gasteiger partial charge in [-0.05, 0) is 54.8 Å². The Bertz CT molecular complexity index is 1190. The SMILES string of the molecule is COc1ccc(CNC(=O)[C@H](C)[C@@H]2Sc3ccccc3N(Cc3cc(C)ccc3C)C2=O)cc1. The van der Waals surface area contributed by atoms with Crippen LogP contribution in [0.25, 0.3) is 0 Å². The van der Waals surface area contributed by atoms with Crippen molar-refractivity contribution in [1.29, 1.82) is 0 Å². The van der Waals surface area contributed by atoms with Gasteiger partial charge in [-0.25, -0.2) is 0 Å². The fraction of sp³-hybridized carbons (Fsp3) is 0.286. The number of aryl methyl sites for hydroxylation is 2. The molecule has 3 aromatic rings. The average Bonchev–Trinajstić information content (AvgIpc) is 2.86. The van der Waals surface area contributed by atoms with Crippen LogP contribution < -0.4 is 15.0 Å². The molecule has 3 aromatic carbocycles. The predicted octanol–water partition coefficient (Wildman–Crippen LogP) is 5.27. The molecule has 1 aliphatic heterocycles. The predicted molar refractivity (Wildman–Crippen MR) is 137 cm³/mol. The van der Waals surface area contributed by atoms with Crippen LogP contribution in [0, 0.1) is 19.8 Å². The molecule has 2 atom stereocenters. The van der Waals surface area contributed by atoms with Crippen LogP contribution in [-0.2, 0) is 22.7 Å². The second kappa shape index (κ2) is 10.3. The third-order valence-electron chi connectivity index (χ3n) is 6.25. The Morgan fingerprint density at radius 3 is 2.56 bits per heavy atom. The monoisotopic (exact) mass is 474 g/mol. The number of carbonyl (C=O) groups is 2. The van der Waals surface area contributed by atoms with Gasteiger partial charge in [-0.2, -0.15) is 0 Å². The number of carbonyl (C=O) groups excluding carboxylic acids is 2.